The summed E-state index contributed by atoms with van der Waals surface area (Å²) in [6, 6.07) is 5.78. The molecule has 0 atom stereocenters. The Morgan fingerprint density at radius 2 is 1.90 bits per heavy atom. The largest absolute Gasteiger partial charge is 0.446 e. The van der Waals surface area contributed by atoms with Gasteiger partial charge in [0.1, 0.15) is 12.1 Å². The molecule has 1 aromatic carbocycles. The molecule has 0 radical (unpaired) electrons. The number of carbonyl (C=O) groups excluding carboxylic acids is 2. The van der Waals surface area contributed by atoms with Crippen LogP contribution in [-0.4, -0.2) is 62.2 Å². The van der Waals surface area contributed by atoms with Crippen LogP contribution in [0.25, 0.3) is 0 Å². The van der Waals surface area contributed by atoms with Gasteiger partial charge in [-0.3, -0.25) is 9.59 Å². The van der Waals surface area contributed by atoms with Gasteiger partial charge >= 0.3 is 0 Å². The van der Waals surface area contributed by atoms with Crippen molar-refractivity contribution in [1.82, 2.24) is 15.2 Å². The van der Waals surface area contributed by atoms with Gasteiger partial charge in [0.15, 0.2) is 5.69 Å². The summed E-state index contributed by atoms with van der Waals surface area (Å²) in [5.41, 5.74) is 0.0835. The normalized spacial score (nSPS) is 10.7. The summed E-state index contributed by atoms with van der Waals surface area (Å²) in [6.07, 6.45) is 2.48. The first kappa shape index (κ1) is 22.5. The van der Waals surface area contributed by atoms with Crippen molar-refractivity contribution in [2.75, 3.05) is 40.5 Å². The van der Waals surface area contributed by atoms with E-state index in [-0.39, 0.29) is 29.6 Å². The fraction of sp³-hybridized carbons (Fsp3) is 0.450. The Balaban J connectivity index is 2.05. The van der Waals surface area contributed by atoms with Crippen LogP contribution in [0.2, 0.25) is 0 Å². The van der Waals surface area contributed by atoms with Crippen LogP contribution < -0.4 is 5.32 Å². The van der Waals surface area contributed by atoms with E-state index in [9.17, 15) is 14.0 Å². The van der Waals surface area contributed by atoms with Crippen LogP contribution in [-0.2, 0) is 16.0 Å². The number of hydrogen-bond donors (Lipinski definition) is 1. The van der Waals surface area contributed by atoms with E-state index < -0.39 is 11.7 Å². The van der Waals surface area contributed by atoms with Crippen molar-refractivity contribution in [2.24, 2.45) is 0 Å². The summed E-state index contributed by atoms with van der Waals surface area (Å²) in [4.78, 5) is 30.5. The average molecular weight is 407 g/mol. The summed E-state index contributed by atoms with van der Waals surface area (Å²) in [7, 11) is 3.15. The van der Waals surface area contributed by atoms with E-state index >= 15 is 0 Å². The maximum atomic E-state index is 14.0. The minimum Gasteiger partial charge on any atom is -0.446 e. The summed E-state index contributed by atoms with van der Waals surface area (Å²) >= 11 is 0. The van der Waals surface area contributed by atoms with Gasteiger partial charge in [0.2, 0.25) is 5.89 Å². The van der Waals surface area contributed by atoms with Gasteiger partial charge in [-0.05, 0) is 25.0 Å². The molecule has 2 rings (SSSR count). The Morgan fingerprint density at radius 1 is 1.17 bits per heavy atom. The molecule has 1 N–H and O–H groups in total. The Morgan fingerprint density at radius 3 is 2.62 bits per heavy atom. The van der Waals surface area contributed by atoms with Gasteiger partial charge < -0.3 is 24.1 Å². The van der Waals surface area contributed by atoms with Crippen molar-refractivity contribution in [3.8, 4) is 0 Å². The first-order valence-corrected chi connectivity index (χ1v) is 9.31. The van der Waals surface area contributed by atoms with Crippen LogP contribution in [0.1, 0.15) is 39.6 Å². The number of rotatable bonds is 12. The third-order valence-electron chi connectivity index (χ3n) is 4.09. The molecule has 0 aliphatic carbocycles. The minimum atomic E-state index is -0.599. The predicted molar refractivity (Wildman–Crippen MR) is 103 cm³/mol. The number of amides is 2. The molecule has 0 unspecified atom stereocenters. The molecule has 8 nitrogen and oxygen atoms in total. The number of hydrogen-bond acceptors (Lipinski definition) is 6. The molecular formula is C20H26FN3O5. The van der Waals surface area contributed by atoms with Crippen LogP contribution in [0.15, 0.2) is 34.9 Å². The van der Waals surface area contributed by atoms with Gasteiger partial charge in [-0.25, -0.2) is 9.37 Å². The predicted octanol–water partition coefficient (Wildman–Crippen LogP) is 2.26. The van der Waals surface area contributed by atoms with Gasteiger partial charge in [0.25, 0.3) is 11.8 Å². The number of halogens is 1. The summed E-state index contributed by atoms with van der Waals surface area (Å²) < 4.78 is 29.3. The van der Waals surface area contributed by atoms with Crippen LogP contribution in [0, 0.1) is 5.82 Å². The van der Waals surface area contributed by atoms with Crippen LogP contribution in [0.3, 0.4) is 0 Å². The maximum absolute atomic E-state index is 14.0. The van der Waals surface area contributed by atoms with Crippen molar-refractivity contribution in [2.45, 2.75) is 19.4 Å². The third-order valence-corrected chi connectivity index (χ3v) is 4.09. The van der Waals surface area contributed by atoms with E-state index in [0.29, 0.717) is 39.1 Å². The van der Waals surface area contributed by atoms with Crippen molar-refractivity contribution in [3.63, 3.8) is 0 Å². The van der Waals surface area contributed by atoms with Crippen molar-refractivity contribution in [1.29, 1.82) is 0 Å². The number of nitrogens with one attached hydrogen (secondary N) is 1. The molecule has 0 spiro atoms. The topological polar surface area (TPSA) is 93.9 Å². The SMILES string of the molecule is COCCCNC(=O)c1coc(CN(CCCOC)C(=O)c2ccccc2F)n1. The first-order chi connectivity index (χ1) is 14.1. The summed E-state index contributed by atoms with van der Waals surface area (Å²) in [5.74, 6) is -1.27. The lowest BCUT2D eigenvalue weighted by atomic mass is 10.2. The third kappa shape index (κ3) is 6.95. The highest BCUT2D eigenvalue weighted by atomic mass is 19.1. The van der Waals surface area contributed by atoms with Crippen LogP contribution >= 0.6 is 0 Å². The monoisotopic (exact) mass is 407 g/mol. The van der Waals surface area contributed by atoms with Gasteiger partial charge in [0.05, 0.1) is 12.1 Å². The Kier molecular flexibility index (Phi) is 9.26. The average Bonchev–Trinajstić information content (AvgIpc) is 3.19. The zero-order valence-electron chi connectivity index (χ0n) is 16.7. The number of ether oxygens (including phenoxy) is 2. The lowest BCUT2D eigenvalue weighted by molar-refractivity contribution is 0.0703. The van der Waals surface area contributed by atoms with Crippen LogP contribution in [0.4, 0.5) is 4.39 Å². The standard InChI is InChI=1S/C20H26FN3O5/c1-27-11-5-9-22-19(25)17-14-29-18(23-17)13-24(10-6-12-28-2)20(26)15-7-3-4-8-16(15)21/h3-4,7-8,14H,5-6,9-13H2,1-2H3,(H,22,25). The second-order valence-corrected chi connectivity index (χ2v) is 6.28. The molecular weight excluding hydrogens is 381 g/mol. The lowest BCUT2D eigenvalue weighted by Gasteiger charge is -2.21. The quantitative estimate of drug-likeness (QED) is 0.543. The van der Waals surface area contributed by atoms with E-state index in [1.807, 2.05) is 0 Å². The highest BCUT2D eigenvalue weighted by Gasteiger charge is 2.22. The van der Waals surface area contributed by atoms with Gasteiger partial charge in [-0.15, -0.1) is 0 Å². The number of oxazole rings is 1. The van der Waals surface area contributed by atoms with E-state index in [1.165, 1.54) is 29.4 Å². The molecule has 1 aromatic heterocycles. The van der Waals surface area contributed by atoms with Crippen molar-refractivity contribution in [3.05, 3.63) is 53.5 Å². The van der Waals surface area contributed by atoms with Crippen LogP contribution in [0.5, 0.6) is 0 Å². The molecule has 2 aromatic rings. The Bertz CT molecular complexity index is 796. The molecule has 29 heavy (non-hydrogen) atoms. The molecule has 0 aliphatic rings. The van der Waals surface area contributed by atoms with Crippen molar-refractivity contribution >= 4 is 11.8 Å². The molecule has 2 amide bonds. The molecule has 0 aliphatic heterocycles. The molecule has 0 saturated carbocycles. The lowest BCUT2D eigenvalue weighted by Crippen LogP contribution is -2.33. The maximum Gasteiger partial charge on any atom is 0.273 e. The molecule has 158 valence electrons. The fourth-order valence-corrected chi connectivity index (χ4v) is 2.62. The Hall–Kier alpha value is -2.78. The molecule has 0 fully saturated rings. The van der Waals surface area contributed by atoms with Crippen molar-refractivity contribution < 1.29 is 27.9 Å². The fourth-order valence-electron chi connectivity index (χ4n) is 2.62. The zero-order valence-corrected chi connectivity index (χ0v) is 16.7. The highest BCUT2D eigenvalue weighted by Crippen LogP contribution is 2.14. The molecule has 0 bridgehead atoms. The second kappa shape index (κ2) is 11.9. The highest BCUT2D eigenvalue weighted by molar-refractivity contribution is 5.94. The summed E-state index contributed by atoms with van der Waals surface area (Å²) in [5, 5.41) is 2.71. The number of benzene rings is 1. The molecule has 1 heterocycles. The smallest absolute Gasteiger partial charge is 0.273 e. The molecule has 9 heteroatoms. The van der Waals surface area contributed by atoms with E-state index in [0.717, 1.165) is 0 Å². The number of nitrogens with zero attached hydrogens (tertiary/aromatic N) is 2. The van der Waals surface area contributed by atoms with Gasteiger partial charge in [-0.2, -0.15) is 0 Å². The zero-order chi connectivity index (χ0) is 21.1. The number of carbonyl (C=O) groups is 2. The van der Waals surface area contributed by atoms with E-state index in [1.54, 1.807) is 20.3 Å². The van der Waals surface area contributed by atoms with E-state index in [2.05, 4.69) is 10.3 Å². The minimum absolute atomic E-state index is 0.00777. The molecule has 0 saturated heterocycles. The van der Waals surface area contributed by atoms with E-state index in [4.69, 9.17) is 13.9 Å². The first-order valence-electron chi connectivity index (χ1n) is 9.31. The Labute approximate surface area is 169 Å². The van der Waals surface area contributed by atoms with Gasteiger partial charge in [0, 0.05) is 40.5 Å². The van der Waals surface area contributed by atoms with Gasteiger partial charge in [-0.1, -0.05) is 12.1 Å². The summed E-state index contributed by atoms with van der Waals surface area (Å²) in [6.45, 7) is 1.76. The number of methoxy groups -OCH3 is 2. The number of aromatic nitrogens is 1. The second-order valence-electron chi connectivity index (χ2n) is 6.28.